The molecular weight excluding hydrogens is 486 g/mol. The molecule has 0 amide bonds. The van der Waals surface area contributed by atoms with Gasteiger partial charge in [0.15, 0.2) is 0 Å². The minimum Gasteiger partial charge on any atom is -0.481 e. The third kappa shape index (κ3) is 31.0. The standard InChI is InChI=1S/C34H65NO4/c1-4-5-6-7-17-20-23-27-32(39-34(38)30-26-31-35(2)3)28-24-21-18-15-13-11-9-8-10-12-14-16-19-22-25-29-33(36)37/h8,10,32H,4-7,9,11-31H2,1-3H3,(H,36,37)/b10-8-. The van der Waals surface area contributed by atoms with Crippen LogP contribution in [0.2, 0.25) is 0 Å². The Hall–Kier alpha value is -1.36. The van der Waals surface area contributed by atoms with Gasteiger partial charge >= 0.3 is 11.9 Å². The van der Waals surface area contributed by atoms with Crippen LogP contribution in [-0.4, -0.2) is 48.7 Å². The number of carbonyl (C=O) groups excluding carboxylic acids is 1. The van der Waals surface area contributed by atoms with E-state index in [1.54, 1.807) is 0 Å². The third-order valence-electron chi connectivity index (χ3n) is 7.49. The van der Waals surface area contributed by atoms with Crippen LogP contribution in [0.3, 0.4) is 0 Å². The summed E-state index contributed by atoms with van der Waals surface area (Å²) in [6, 6.07) is 0. The van der Waals surface area contributed by atoms with Gasteiger partial charge in [-0.2, -0.15) is 0 Å². The van der Waals surface area contributed by atoms with E-state index < -0.39 is 5.97 Å². The van der Waals surface area contributed by atoms with Crippen LogP contribution < -0.4 is 0 Å². The van der Waals surface area contributed by atoms with Gasteiger partial charge in [0.2, 0.25) is 0 Å². The van der Waals surface area contributed by atoms with Crippen LogP contribution in [0.15, 0.2) is 12.2 Å². The second-order valence-corrected chi connectivity index (χ2v) is 11.8. The SMILES string of the molecule is CCCCCCCCCC(CCCCCCCC/C=C\CCCCCCCC(=O)O)OC(=O)CCCN(C)C. The van der Waals surface area contributed by atoms with E-state index in [2.05, 4.69) is 24.0 Å². The smallest absolute Gasteiger partial charge is 0.306 e. The molecule has 5 heteroatoms. The molecule has 0 aliphatic heterocycles. The lowest BCUT2D eigenvalue weighted by molar-refractivity contribution is -0.150. The summed E-state index contributed by atoms with van der Waals surface area (Å²) in [7, 11) is 4.09. The van der Waals surface area contributed by atoms with Crippen LogP contribution >= 0.6 is 0 Å². The molecule has 0 fully saturated rings. The van der Waals surface area contributed by atoms with Crippen LogP contribution in [0.25, 0.3) is 0 Å². The molecule has 0 aromatic rings. The normalized spacial score (nSPS) is 12.4. The summed E-state index contributed by atoms with van der Waals surface area (Å²) in [5.74, 6) is -0.682. The predicted octanol–water partition coefficient (Wildman–Crippen LogP) is 9.87. The van der Waals surface area contributed by atoms with Crippen molar-refractivity contribution in [2.75, 3.05) is 20.6 Å². The van der Waals surface area contributed by atoms with E-state index in [0.717, 1.165) is 51.5 Å². The van der Waals surface area contributed by atoms with Crippen molar-refractivity contribution in [3.05, 3.63) is 12.2 Å². The molecule has 0 heterocycles. The Labute approximate surface area is 242 Å². The fourth-order valence-corrected chi connectivity index (χ4v) is 5.02. The van der Waals surface area contributed by atoms with E-state index >= 15 is 0 Å². The second-order valence-electron chi connectivity index (χ2n) is 11.8. The molecule has 0 aliphatic rings. The maximum absolute atomic E-state index is 12.4. The van der Waals surface area contributed by atoms with Crippen LogP contribution in [0.1, 0.15) is 167 Å². The maximum atomic E-state index is 12.4. The van der Waals surface area contributed by atoms with Gasteiger partial charge in [-0.15, -0.1) is 0 Å². The van der Waals surface area contributed by atoms with Gasteiger partial charge in [-0.25, -0.2) is 0 Å². The second kappa shape index (κ2) is 29.6. The molecule has 1 N–H and O–H groups in total. The first-order valence-corrected chi connectivity index (χ1v) is 16.7. The molecular formula is C34H65NO4. The van der Waals surface area contributed by atoms with Crippen molar-refractivity contribution in [1.82, 2.24) is 4.90 Å². The number of rotatable bonds is 30. The summed E-state index contributed by atoms with van der Waals surface area (Å²) >= 11 is 0. The molecule has 0 spiro atoms. The molecule has 0 saturated carbocycles. The number of hydrogen-bond acceptors (Lipinski definition) is 4. The highest BCUT2D eigenvalue weighted by molar-refractivity contribution is 5.69. The topological polar surface area (TPSA) is 66.8 Å². The molecule has 0 saturated heterocycles. The van der Waals surface area contributed by atoms with Crippen molar-refractivity contribution >= 4 is 11.9 Å². The molecule has 39 heavy (non-hydrogen) atoms. The summed E-state index contributed by atoms with van der Waals surface area (Å²) in [5, 5.41) is 8.64. The zero-order valence-electron chi connectivity index (χ0n) is 26.2. The predicted molar refractivity (Wildman–Crippen MR) is 166 cm³/mol. The van der Waals surface area contributed by atoms with Crippen LogP contribution in [0.5, 0.6) is 0 Å². The van der Waals surface area contributed by atoms with E-state index in [-0.39, 0.29) is 12.1 Å². The summed E-state index contributed by atoms with van der Waals surface area (Å²) in [4.78, 5) is 25.0. The molecule has 0 rings (SSSR count). The van der Waals surface area contributed by atoms with Crippen molar-refractivity contribution in [3.8, 4) is 0 Å². The highest BCUT2D eigenvalue weighted by Crippen LogP contribution is 2.18. The average molecular weight is 552 g/mol. The highest BCUT2D eigenvalue weighted by Gasteiger charge is 2.14. The molecule has 0 radical (unpaired) electrons. The molecule has 230 valence electrons. The molecule has 1 atom stereocenters. The van der Waals surface area contributed by atoms with Gasteiger partial charge < -0.3 is 14.7 Å². The number of carboxylic acids is 1. The van der Waals surface area contributed by atoms with Gasteiger partial charge in [-0.1, -0.05) is 103 Å². The Balaban J connectivity index is 3.86. The molecule has 0 aliphatic carbocycles. The summed E-state index contributed by atoms with van der Waals surface area (Å²) < 4.78 is 5.92. The van der Waals surface area contributed by atoms with E-state index in [1.165, 1.54) is 103 Å². The quantitative estimate of drug-likeness (QED) is 0.0546. The van der Waals surface area contributed by atoms with E-state index in [4.69, 9.17) is 9.84 Å². The van der Waals surface area contributed by atoms with Crippen LogP contribution in [-0.2, 0) is 14.3 Å². The monoisotopic (exact) mass is 551 g/mol. The first-order valence-electron chi connectivity index (χ1n) is 16.7. The van der Waals surface area contributed by atoms with Crippen LogP contribution in [0, 0.1) is 0 Å². The number of unbranched alkanes of at least 4 members (excludes halogenated alkanes) is 17. The van der Waals surface area contributed by atoms with E-state index in [1.807, 2.05) is 14.1 Å². The molecule has 5 nitrogen and oxygen atoms in total. The van der Waals surface area contributed by atoms with E-state index in [0.29, 0.717) is 12.8 Å². The number of allylic oxidation sites excluding steroid dienone is 2. The maximum Gasteiger partial charge on any atom is 0.306 e. The van der Waals surface area contributed by atoms with Gasteiger partial charge in [0.25, 0.3) is 0 Å². The first kappa shape index (κ1) is 37.6. The summed E-state index contributed by atoms with van der Waals surface area (Å²) in [6.07, 6.45) is 33.0. The molecule has 1 unspecified atom stereocenters. The number of esters is 1. The van der Waals surface area contributed by atoms with E-state index in [9.17, 15) is 9.59 Å². The zero-order valence-corrected chi connectivity index (χ0v) is 26.2. The molecule has 0 aromatic carbocycles. The number of carboxylic acid groups (broad SMARTS) is 1. The summed E-state index contributed by atoms with van der Waals surface area (Å²) in [6.45, 7) is 3.20. The highest BCUT2D eigenvalue weighted by atomic mass is 16.5. The lowest BCUT2D eigenvalue weighted by atomic mass is 10.0. The van der Waals surface area contributed by atoms with Crippen molar-refractivity contribution < 1.29 is 19.4 Å². The van der Waals surface area contributed by atoms with Gasteiger partial charge in [0, 0.05) is 12.8 Å². The van der Waals surface area contributed by atoms with Gasteiger partial charge in [0.05, 0.1) is 0 Å². The lowest BCUT2D eigenvalue weighted by Crippen LogP contribution is -2.20. The number of carbonyl (C=O) groups is 2. The minimum atomic E-state index is -0.676. The van der Waals surface area contributed by atoms with Gasteiger partial charge in [-0.05, 0) is 84.8 Å². The molecule has 0 bridgehead atoms. The fourth-order valence-electron chi connectivity index (χ4n) is 5.02. The third-order valence-corrected chi connectivity index (χ3v) is 7.49. The Kier molecular flexibility index (Phi) is 28.6. The van der Waals surface area contributed by atoms with Gasteiger partial charge in [-0.3, -0.25) is 9.59 Å². The van der Waals surface area contributed by atoms with Crippen molar-refractivity contribution in [1.29, 1.82) is 0 Å². The Bertz CT molecular complexity index is 576. The lowest BCUT2D eigenvalue weighted by Gasteiger charge is -2.18. The average Bonchev–Trinajstić information content (AvgIpc) is 2.89. The van der Waals surface area contributed by atoms with Crippen LogP contribution in [0.4, 0.5) is 0 Å². The fraction of sp³-hybridized carbons (Fsp3) is 0.882. The number of hydrogen-bond donors (Lipinski definition) is 1. The number of aliphatic carboxylic acids is 1. The first-order chi connectivity index (χ1) is 19.0. The number of ether oxygens (including phenoxy) is 1. The Morgan fingerprint density at radius 3 is 1.59 bits per heavy atom. The zero-order chi connectivity index (χ0) is 28.8. The summed E-state index contributed by atoms with van der Waals surface area (Å²) in [5.41, 5.74) is 0. The largest absolute Gasteiger partial charge is 0.481 e. The van der Waals surface area contributed by atoms with Gasteiger partial charge in [0.1, 0.15) is 6.10 Å². The Morgan fingerprint density at radius 1 is 0.641 bits per heavy atom. The molecule has 0 aromatic heterocycles. The Morgan fingerprint density at radius 2 is 1.10 bits per heavy atom. The number of nitrogens with zero attached hydrogens (tertiary/aromatic N) is 1. The van der Waals surface area contributed by atoms with Crippen molar-refractivity contribution in [2.45, 2.75) is 174 Å². The minimum absolute atomic E-state index is 0.00594. The van der Waals surface area contributed by atoms with Crippen molar-refractivity contribution in [2.24, 2.45) is 0 Å². The van der Waals surface area contributed by atoms with Crippen molar-refractivity contribution in [3.63, 3.8) is 0 Å².